The van der Waals surface area contributed by atoms with Crippen LogP contribution in [0.25, 0.3) is 43.1 Å². The molecule has 0 aromatic heterocycles. The number of nitrogens with two attached hydrogens (primary N) is 2. The molecule has 4 N–H and O–H groups in total. The average molecular weight is 1060 g/mol. The number of fused-ring (bicyclic) bond motifs is 2. The lowest BCUT2D eigenvalue weighted by Crippen LogP contribution is -2.44. The van der Waals surface area contributed by atoms with E-state index in [4.69, 9.17) is 68.3 Å². The maximum absolute atomic E-state index is 14.1. The van der Waals surface area contributed by atoms with Gasteiger partial charge in [0, 0.05) is 46.1 Å². The largest absolute Gasteiger partial charge is 0.377 e. The fraction of sp³-hybridized carbons (Fsp3) is 0.571. The van der Waals surface area contributed by atoms with Crippen molar-refractivity contribution in [1.29, 1.82) is 0 Å². The number of hydrogen-bond donors (Lipinski definition) is 2. The molecule has 4 unspecified atom stereocenters. The van der Waals surface area contributed by atoms with Gasteiger partial charge in [-0.15, -0.1) is 0 Å². The van der Waals surface area contributed by atoms with E-state index in [1.165, 1.54) is 9.80 Å². The van der Waals surface area contributed by atoms with Crippen LogP contribution in [0.3, 0.4) is 0 Å². The molecule has 0 saturated carbocycles. The highest BCUT2D eigenvalue weighted by Crippen LogP contribution is 2.46. The summed E-state index contributed by atoms with van der Waals surface area (Å²) >= 11 is 0. The van der Waals surface area contributed by atoms with Gasteiger partial charge < -0.3 is 68.3 Å². The molecule has 20 heteroatoms. The molecule has 2 aliphatic rings. The summed E-state index contributed by atoms with van der Waals surface area (Å²) in [6.07, 6.45) is -0.875. The summed E-state index contributed by atoms with van der Waals surface area (Å²) in [5, 5.41) is 5.98. The van der Waals surface area contributed by atoms with E-state index in [0.29, 0.717) is 165 Å². The van der Waals surface area contributed by atoms with Gasteiger partial charge in [-0.05, 0) is 84.3 Å². The number of amides is 4. The van der Waals surface area contributed by atoms with Crippen molar-refractivity contribution in [3.63, 3.8) is 0 Å². The van der Waals surface area contributed by atoms with Crippen molar-refractivity contribution in [3.8, 4) is 0 Å². The number of benzene rings is 5. The number of imide groups is 2. The minimum absolute atomic E-state index is 0.0181. The molecule has 5 aromatic carbocycles. The van der Waals surface area contributed by atoms with Gasteiger partial charge in [0.25, 0.3) is 23.6 Å². The van der Waals surface area contributed by atoms with Gasteiger partial charge in [-0.25, -0.2) is 0 Å². The van der Waals surface area contributed by atoms with E-state index >= 15 is 0 Å². The van der Waals surface area contributed by atoms with E-state index in [1.54, 1.807) is 24.3 Å². The monoisotopic (exact) mass is 1060 g/mol. The van der Waals surface area contributed by atoms with E-state index in [1.807, 2.05) is 52.0 Å². The zero-order chi connectivity index (χ0) is 53.8. The summed E-state index contributed by atoms with van der Waals surface area (Å²) in [7, 11) is 0. The summed E-state index contributed by atoms with van der Waals surface area (Å²) < 4.78 is 67.2. The summed E-state index contributed by atoms with van der Waals surface area (Å²) in [4.78, 5) is 59.1. The van der Waals surface area contributed by atoms with E-state index in [-0.39, 0.29) is 38.5 Å². The zero-order valence-corrected chi connectivity index (χ0v) is 44.5. The van der Waals surface area contributed by atoms with Crippen LogP contribution in [0, 0.1) is 0 Å². The van der Waals surface area contributed by atoms with Crippen molar-refractivity contribution in [2.45, 2.75) is 52.1 Å². The quantitative estimate of drug-likeness (QED) is 0.0236. The van der Waals surface area contributed by atoms with Crippen LogP contribution in [0.2, 0.25) is 0 Å². The molecule has 4 atom stereocenters. The summed E-state index contributed by atoms with van der Waals surface area (Å²) in [6, 6.07) is 14.6. The molecule has 0 fully saturated rings. The van der Waals surface area contributed by atoms with Crippen molar-refractivity contribution in [2.24, 2.45) is 11.5 Å². The fourth-order valence-electron chi connectivity index (χ4n) is 9.21. The van der Waals surface area contributed by atoms with Gasteiger partial charge in [0.1, 0.15) is 0 Å². The Bertz CT molecular complexity index is 2370. The molecule has 0 aliphatic carbocycles. The van der Waals surface area contributed by atoms with Crippen molar-refractivity contribution in [1.82, 2.24) is 9.80 Å². The Morgan fingerprint density at radius 2 is 0.526 bits per heavy atom. The SMILES string of the molecule is CC(CN)OCCOCCOCCOCCOCCOC(C)CN1C(=O)c2ccc3c4ccc5c6c(ccc(c7ccc(c2c37)C1=O)c64)C(=O)N(CC(C)OCCOCCOCCOCCOCCOC(C)CN)C5=O. The van der Waals surface area contributed by atoms with Gasteiger partial charge in [0.15, 0.2) is 0 Å². The zero-order valence-electron chi connectivity index (χ0n) is 44.5. The smallest absolute Gasteiger partial charge is 0.261 e. The first-order chi connectivity index (χ1) is 37.0. The van der Waals surface area contributed by atoms with E-state index in [9.17, 15) is 19.2 Å². The Morgan fingerprint density at radius 1 is 0.316 bits per heavy atom. The highest BCUT2D eigenvalue weighted by Gasteiger charge is 2.38. The highest BCUT2D eigenvalue weighted by atomic mass is 16.6. The first kappa shape index (κ1) is 58.8. The summed E-state index contributed by atoms with van der Waals surface area (Å²) in [5.74, 6) is -1.61. The Hall–Kier alpha value is -4.88. The molecular formula is C56H76N4O16. The van der Waals surface area contributed by atoms with E-state index in [0.717, 1.165) is 32.3 Å². The second kappa shape index (κ2) is 30.3. The first-order valence-corrected chi connectivity index (χ1v) is 26.5. The van der Waals surface area contributed by atoms with E-state index < -0.39 is 35.8 Å². The Balaban J connectivity index is 0.843. The molecule has 0 spiro atoms. The number of carbonyl (C=O) groups is 4. The first-order valence-electron chi connectivity index (χ1n) is 26.5. The van der Waals surface area contributed by atoms with Gasteiger partial charge in [-0.2, -0.15) is 0 Å². The third kappa shape index (κ3) is 15.2. The van der Waals surface area contributed by atoms with Crippen LogP contribution in [0.5, 0.6) is 0 Å². The lowest BCUT2D eigenvalue weighted by atomic mass is 9.82. The van der Waals surface area contributed by atoms with Crippen molar-refractivity contribution in [2.75, 3.05) is 158 Å². The normalized spacial score (nSPS) is 15.4. The molecule has 0 radical (unpaired) electrons. The molecule has 416 valence electrons. The van der Waals surface area contributed by atoms with Crippen molar-refractivity contribution >= 4 is 66.7 Å². The second-order valence-corrected chi connectivity index (χ2v) is 18.7. The van der Waals surface area contributed by atoms with Gasteiger partial charge in [0.05, 0.1) is 170 Å². The maximum Gasteiger partial charge on any atom is 0.261 e. The lowest BCUT2D eigenvalue weighted by molar-refractivity contribution is -0.0281. The summed E-state index contributed by atoms with van der Waals surface area (Å²) in [6.45, 7) is 16.8. The molecule has 0 saturated heterocycles. The number of rotatable bonds is 40. The number of carbonyl (C=O) groups excluding carboxylic acids is 4. The van der Waals surface area contributed by atoms with E-state index in [2.05, 4.69) is 0 Å². The molecule has 76 heavy (non-hydrogen) atoms. The predicted molar refractivity (Wildman–Crippen MR) is 285 cm³/mol. The van der Waals surface area contributed by atoms with Gasteiger partial charge in [-0.3, -0.25) is 29.0 Å². The predicted octanol–water partition coefficient (Wildman–Crippen LogP) is 4.60. The molecule has 2 heterocycles. The number of hydrogen-bond acceptors (Lipinski definition) is 18. The topological polar surface area (TPSA) is 238 Å². The number of nitrogens with zero attached hydrogens (tertiary/aromatic N) is 2. The molecule has 5 aromatic rings. The van der Waals surface area contributed by atoms with Crippen LogP contribution in [0.1, 0.15) is 69.1 Å². The molecule has 4 amide bonds. The second-order valence-electron chi connectivity index (χ2n) is 18.7. The molecule has 0 bridgehead atoms. The van der Waals surface area contributed by atoms with Gasteiger partial charge >= 0.3 is 0 Å². The lowest BCUT2D eigenvalue weighted by Gasteiger charge is -2.31. The highest BCUT2D eigenvalue weighted by molar-refractivity contribution is 6.41. The average Bonchev–Trinajstić information content (AvgIpc) is 3.43. The number of ether oxygens (including phenoxy) is 12. The Kier molecular flexibility index (Phi) is 23.5. The van der Waals surface area contributed by atoms with Gasteiger partial charge in [0.2, 0.25) is 0 Å². The Labute approximate surface area is 443 Å². The van der Waals surface area contributed by atoms with Crippen LogP contribution >= 0.6 is 0 Å². The van der Waals surface area contributed by atoms with Crippen LogP contribution in [0.15, 0.2) is 48.5 Å². The van der Waals surface area contributed by atoms with Crippen LogP contribution in [-0.4, -0.2) is 216 Å². The molecule has 20 nitrogen and oxygen atoms in total. The van der Waals surface area contributed by atoms with Crippen LogP contribution in [0.4, 0.5) is 0 Å². The minimum Gasteiger partial charge on any atom is -0.377 e. The van der Waals surface area contributed by atoms with Crippen LogP contribution in [-0.2, 0) is 56.8 Å². The summed E-state index contributed by atoms with van der Waals surface area (Å²) in [5.41, 5.74) is 12.7. The third-order valence-electron chi connectivity index (χ3n) is 13.1. The van der Waals surface area contributed by atoms with Crippen LogP contribution < -0.4 is 11.5 Å². The third-order valence-corrected chi connectivity index (χ3v) is 13.1. The molecular weight excluding hydrogens is 985 g/mol. The molecule has 2 aliphatic heterocycles. The van der Waals surface area contributed by atoms with Crippen molar-refractivity contribution < 1.29 is 76.0 Å². The van der Waals surface area contributed by atoms with Gasteiger partial charge in [-0.1, -0.05) is 24.3 Å². The fourth-order valence-corrected chi connectivity index (χ4v) is 9.21. The standard InChI is InChI=1S/C56H76N4O16/c1-37(33-57)73-29-25-69-21-17-65-13-15-67-19-23-71-27-31-75-39(3)35-59-53(61)45-9-5-41-43-7-11-47-52-48(12-8-44(50(43)52)42-6-10-46(54(59)62)51(45)49(41)42)56(64)60(55(47)63)36-40(4)76-32-28-72-24-20-68-16-14-66-18-22-70-26-30-74-38(2)34-58/h5-12,37-40H,13-36,57-58H2,1-4H3. The minimum atomic E-state index is -0.456. The Morgan fingerprint density at radius 3 is 0.750 bits per heavy atom. The van der Waals surface area contributed by atoms with Crippen molar-refractivity contribution in [3.05, 3.63) is 70.8 Å². The maximum atomic E-state index is 14.1. The molecule has 7 rings (SSSR count).